The summed E-state index contributed by atoms with van der Waals surface area (Å²) >= 11 is 0. The molecule has 0 heterocycles. The summed E-state index contributed by atoms with van der Waals surface area (Å²) in [6.45, 7) is 12.1. The number of hydrogen-bond acceptors (Lipinski definition) is 4. The topological polar surface area (TPSA) is 76.1 Å². The molecule has 5 heteroatoms. The lowest BCUT2D eigenvalue weighted by Crippen LogP contribution is -2.47. The highest BCUT2D eigenvalue weighted by Gasteiger charge is 2.19. The van der Waals surface area contributed by atoms with E-state index in [0.717, 1.165) is 41.8 Å². The van der Waals surface area contributed by atoms with Crippen molar-refractivity contribution in [3.05, 3.63) is 55.0 Å². The molecule has 0 aliphatic heterocycles. The van der Waals surface area contributed by atoms with E-state index >= 15 is 0 Å². The molecule has 0 saturated carbocycles. The van der Waals surface area contributed by atoms with Crippen molar-refractivity contribution in [2.24, 2.45) is 0 Å². The summed E-state index contributed by atoms with van der Waals surface area (Å²) in [5.41, 5.74) is 18.1. The Morgan fingerprint density at radius 1 is 0.767 bits per heavy atom. The van der Waals surface area contributed by atoms with Crippen molar-refractivity contribution in [2.75, 3.05) is 61.9 Å². The van der Waals surface area contributed by atoms with Gasteiger partial charge in [0.25, 0.3) is 0 Å². The van der Waals surface area contributed by atoms with Crippen LogP contribution in [0.5, 0.6) is 0 Å². The van der Waals surface area contributed by atoms with Crippen molar-refractivity contribution in [3.8, 4) is 0 Å². The summed E-state index contributed by atoms with van der Waals surface area (Å²) < 4.78 is 1.13. The third-order valence-electron chi connectivity index (χ3n) is 5.64. The zero-order chi connectivity index (χ0) is 21.3. The molecule has 0 aromatic heterocycles. The van der Waals surface area contributed by atoms with E-state index in [1.165, 1.54) is 48.6 Å². The summed E-state index contributed by atoms with van der Waals surface area (Å²) in [6, 6.07) is 12.1. The van der Waals surface area contributed by atoms with Gasteiger partial charge in [-0.3, -0.25) is 0 Å². The van der Waals surface area contributed by atoms with Gasteiger partial charge < -0.3 is 34.0 Å². The molecule has 5 nitrogen and oxygen atoms in total. The first-order valence-corrected chi connectivity index (χ1v) is 10.9. The van der Waals surface area contributed by atoms with Gasteiger partial charge in [0.05, 0.1) is 26.7 Å². The first-order valence-electron chi connectivity index (χ1n) is 10.9. The van der Waals surface area contributed by atoms with E-state index in [1.54, 1.807) is 0 Å². The molecule has 0 unspecified atom stereocenters. The molecule has 0 amide bonds. The Bertz CT molecular complexity index is 713. The smallest absolute Gasteiger partial charge is 0.0801 e. The van der Waals surface area contributed by atoms with Gasteiger partial charge in [-0.1, -0.05) is 6.92 Å². The first-order chi connectivity index (χ1) is 13.8. The second-order valence-corrected chi connectivity index (χ2v) is 8.50. The molecule has 0 atom stereocenters. The number of nitrogens with two attached hydrogens (primary N) is 2. The molecule has 0 aliphatic carbocycles. The fourth-order valence-electron chi connectivity index (χ4n) is 4.01. The summed E-state index contributed by atoms with van der Waals surface area (Å²) in [5.74, 6) is 0. The fraction of sp³-hybridized carbons (Fsp3) is 0.480. The molecule has 2 rings (SSSR count). The van der Waals surface area contributed by atoms with Crippen LogP contribution in [-0.2, 0) is 0 Å². The Labute approximate surface area is 184 Å². The Kier molecular flexibility index (Phi) is 10.5. The number of hydrogen-bond donors (Lipinski definition) is 4. The summed E-state index contributed by atoms with van der Waals surface area (Å²) in [4.78, 5) is 0. The highest BCUT2D eigenvalue weighted by atomic mass is 15.3. The summed E-state index contributed by atoms with van der Waals surface area (Å²) in [5, 5.41) is 7.13. The molecule has 0 spiro atoms. The van der Waals surface area contributed by atoms with Crippen LogP contribution in [0.4, 0.5) is 22.7 Å². The molecule has 0 saturated heterocycles. The normalized spacial score (nSPS) is 11.1. The molecule has 6 N–H and O–H groups in total. The molecular formula is C25H43N5. The average molecular weight is 414 g/mol. The van der Waals surface area contributed by atoms with E-state index in [2.05, 4.69) is 50.6 Å². The van der Waals surface area contributed by atoms with Gasteiger partial charge in [0.15, 0.2) is 0 Å². The van der Waals surface area contributed by atoms with Gasteiger partial charge in [-0.05, 0) is 67.8 Å². The zero-order valence-corrected chi connectivity index (χ0v) is 19.7. The van der Waals surface area contributed by atoms with Gasteiger partial charge in [0.2, 0.25) is 0 Å². The minimum atomic E-state index is 0. The standard InChI is InChI=1S/C24H40N5.CH3/c1-5-14-29(4,15-6-12-27-23-10-8-21(25)17-19(23)2)16-7-13-28-24-11-9-22(26)18-20(24)3;/h8-11,17-18,27-28H,5-7,12-16,25-26H2,1-4H3;1H3/q+1;-1. The van der Waals surface area contributed by atoms with Crippen LogP contribution >= 0.6 is 0 Å². The minimum Gasteiger partial charge on any atom is -0.399 e. The van der Waals surface area contributed by atoms with E-state index in [-0.39, 0.29) is 7.43 Å². The van der Waals surface area contributed by atoms with Crippen molar-refractivity contribution in [1.82, 2.24) is 0 Å². The van der Waals surface area contributed by atoms with Crippen LogP contribution in [-0.4, -0.2) is 44.3 Å². The van der Waals surface area contributed by atoms with Crippen LogP contribution in [0.25, 0.3) is 0 Å². The van der Waals surface area contributed by atoms with Gasteiger partial charge in [-0.25, -0.2) is 0 Å². The molecule has 0 fully saturated rings. The number of aryl methyl sites for hydroxylation is 2. The van der Waals surface area contributed by atoms with E-state index in [9.17, 15) is 0 Å². The Morgan fingerprint density at radius 3 is 1.57 bits per heavy atom. The zero-order valence-electron chi connectivity index (χ0n) is 19.7. The average Bonchev–Trinajstić information content (AvgIpc) is 2.65. The predicted molar refractivity (Wildman–Crippen MR) is 135 cm³/mol. The molecule has 2 aromatic carbocycles. The van der Waals surface area contributed by atoms with Crippen LogP contribution in [0.15, 0.2) is 36.4 Å². The van der Waals surface area contributed by atoms with Gasteiger partial charge in [0, 0.05) is 48.7 Å². The number of nitrogens with one attached hydrogen (secondary N) is 2. The summed E-state index contributed by atoms with van der Waals surface area (Å²) in [7, 11) is 2.40. The van der Waals surface area contributed by atoms with Crippen LogP contribution in [0.3, 0.4) is 0 Å². The van der Waals surface area contributed by atoms with Gasteiger partial charge in [0.1, 0.15) is 0 Å². The van der Waals surface area contributed by atoms with Crippen molar-refractivity contribution in [2.45, 2.75) is 40.0 Å². The van der Waals surface area contributed by atoms with E-state index in [1.807, 2.05) is 24.3 Å². The Balaban J connectivity index is 0.00000450. The van der Waals surface area contributed by atoms with E-state index < -0.39 is 0 Å². The number of quaternary nitrogens is 1. The second-order valence-electron chi connectivity index (χ2n) is 8.50. The highest BCUT2D eigenvalue weighted by molar-refractivity contribution is 5.58. The van der Waals surface area contributed by atoms with Crippen LogP contribution in [0.1, 0.15) is 37.3 Å². The van der Waals surface area contributed by atoms with Crippen molar-refractivity contribution in [3.63, 3.8) is 0 Å². The van der Waals surface area contributed by atoms with Gasteiger partial charge in [-0.2, -0.15) is 0 Å². The fourth-order valence-corrected chi connectivity index (χ4v) is 4.01. The maximum Gasteiger partial charge on any atom is 0.0801 e. The van der Waals surface area contributed by atoms with Gasteiger partial charge in [-0.15, -0.1) is 0 Å². The maximum atomic E-state index is 5.84. The molecule has 30 heavy (non-hydrogen) atoms. The largest absolute Gasteiger partial charge is 0.399 e. The SMILES string of the molecule is CCC[N+](C)(CCCNc1ccc(N)cc1C)CCCNc1ccc(N)cc1C.[CH3-]. The number of rotatable bonds is 12. The number of nitrogen functional groups attached to an aromatic ring is 2. The van der Waals surface area contributed by atoms with E-state index in [0.29, 0.717) is 0 Å². The molecule has 2 aromatic rings. The van der Waals surface area contributed by atoms with E-state index in [4.69, 9.17) is 11.5 Å². The third kappa shape index (κ3) is 8.15. The van der Waals surface area contributed by atoms with Gasteiger partial charge >= 0.3 is 0 Å². The number of anilines is 4. The molecule has 0 bridgehead atoms. The molecule has 168 valence electrons. The maximum absolute atomic E-state index is 5.84. The van der Waals surface area contributed by atoms with Crippen molar-refractivity contribution < 1.29 is 4.48 Å². The quantitative estimate of drug-likeness (QED) is 0.169. The lowest BCUT2D eigenvalue weighted by atomic mass is 10.1. The third-order valence-corrected chi connectivity index (χ3v) is 5.64. The lowest BCUT2D eigenvalue weighted by molar-refractivity contribution is -0.909. The minimum absolute atomic E-state index is 0. The van der Waals surface area contributed by atoms with Crippen LogP contribution < -0.4 is 22.1 Å². The molecular weight excluding hydrogens is 370 g/mol. The van der Waals surface area contributed by atoms with Crippen molar-refractivity contribution in [1.29, 1.82) is 0 Å². The Hall–Kier alpha value is -2.40. The van der Waals surface area contributed by atoms with Crippen LogP contribution in [0, 0.1) is 21.3 Å². The van der Waals surface area contributed by atoms with Crippen LogP contribution in [0.2, 0.25) is 0 Å². The molecule has 0 radical (unpaired) electrons. The molecule has 0 aliphatic rings. The summed E-state index contributed by atoms with van der Waals surface area (Å²) in [6.07, 6.45) is 3.53. The Morgan fingerprint density at radius 2 is 1.20 bits per heavy atom. The highest BCUT2D eigenvalue weighted by Crippen LogP contribution is 2.19. The first kappa shape index (κ1) is 25.6. The second kappa shape index (κ2) is 12.3. The van der Waals surface area contributed by atoms with Crippen molar-refractivity contribution >= 4 is 22.7 Å². The monoisotopic (exact) mass is 413 g/mol. The number of benzene rings is 2. The predicted octanol–water partition coefficient (Wildman–Crippen LogP) is 5.08. The lowest BCUT2D eigenvalue weighted by Gasteiger charge is -2.35. The number of nitrogens with zero attached hydrogens (tertiary/aromatic N) is 1.